The van der Waals surface area contributed by atoms with Crippen molar-refractivity contribution >= 4 is 27.3 Å². The molecule has 8 nitrogen and oxygen atoms in total. The third-order valence-electron chi connectivity index (χ3n) is 2.27. The number of hydrogen-bond donors (Lipinski definition) is 3. The average molecular weight is 302 g/mol. The molecule has 0 aliphatic heterocycles. The molecule has 0 aromatic carbocycles. The summed E-state index contributed by atoms with van der Waals surface area (Å²) in [6.45, 7) is 1.60. The molecular weight excluding hydrogens is 292 g/mol. The van der Waals surface area contributed by atoms with E-state index < -0.39 is 22.0 Å². The van der Waals surface area contributed by atoms with Gasteiger partial charge in [-0.05, 0) is 13.0 Å². The van der Waals surface area contributed by atoms with Crippen LogP contribution in [0.15, 0.2) is 22.7 Å². The van der Waals surface area contributed by atoms with Crippen molar-refractivity contribution in [3.05, 3.63) is 28.5 Å². The van der Waals surface area contributed by atoms with E-state index in [1.807, 2.05) is 0 Å². The first-order valence-electron chi connectivity index (χ1n) is 5.09. The van der Waals surface area contributed by atoms with Crippen molar-refractivity contribution in [2.75, 3.05) is 0 Å². The first-order chi connectivity index (χ1) is 8.90. The minimum Gasteiger partial charge on any atom is -0.477 e. The van der Waals surface area contributed by atoms with Crippen molar-refractivity contribution in [1.82, 2.24) is 19.9 Å². The lowest BCUT2D eigenvalue weighted by atomic mass is 10.3. The lowest BCUT2D eigenvalue weighted by molar-refractivity contribution is 0.0702. The SMILES string of the molecule is CC(NS(=O)(=O)c1csc(C(=O)O)c1)c1ncn[nH]1. The maximum absolute atomic E-state index is 12.0. The molecule has 0 fully saturated rings. The molecule has 1 unspecified atom stereocenters. The summed E-state index contributed by atoms with van der Waals surface area (Å²) < 4.78 is 26.4. The maximum Gasteiger partial charge on any atom is 0.345 e. The number of carboxylic acid groups (broad SMARTS) is 1. The van der Waals surface area contributed by atoms with Gasteiger partial charge in [0.1, 0.15) is 17.0 Å². The molecule has 0 bridgehead atoms. The number of thiophene rings is 1. The van der Waals surface area contributed by atoms with Gasteiger partial charge in [-0.2, -0.15) is 5.10 Å². The van der Waals surface area contributed by atoms with Gasteiger partial charge in [0.2, 0.25) is 10.0 Å². The van der Waals surface area contributed by atoms with Gasteiger partial charge in [0.05, 0.1) is 10.9 Å². The van der Waals surface area contributed by atoms with Crippen LogP contribution in [0.25, 0.3) is 0 Å². The fourth-order valence-corrected chi connectivity index (χ4v) is 3.67. The van der Waals surface area contributed by atoms with Crippen LogP contribution < -0.4 is 4.72 Å². The van der Waals surface area contributed by atoms with Gasteiger partial charge in [-0.3, -0.25) is 5.10 Å². The lowest BCUT2D eigenvalue weighted by Crippen LogP contribution is -2.27. The van der Waals surface area contributed by atoms with Crippen molar-refractivity contribution < 1.29 is 18.3 Å². The van der Waals surface area contributed by atoms with E-state index in [-0.39, 0.29) is 9.77 Å². The molecule has 2 aromatic rings. The second kappa shape index (κ2) is 5.07. The Kier molecular flexibility index (Phi) is 3.64. The smallest absolute Gasteiger partial charge is 0.345 e. The Balaban J connectivity index is 2.20. The summed E-state index contributed by atoms with van der Waals surface area (Å²) in [5.74, 6) is -0.785. The quantitative estimate of drug-likeness (QED) is 0.743. The van der Waals surface area contributed by atoms with E-state index in [9.17, 15) is 13.2 Å². The Hall–Kier alpha value is -1.78. The normalized spacial score (nSPS) is 13.3. The fraction of sp³-hybridized carbons (Fsp3) is 0.222. The molecule has 0 saturated carbocycles. The summed E-state index contributed by atoms with van der Waals surface area (Å²) in [5, 5.41) is 16.2. The fourth-order valence-electron chi connectivity index (χ4n) is 1.35. The third-order valence-corrected chi connectivity index (χ3v) is 4.86. The zero-order valence-electron chi connectivity index (χ0n) is 9.69. The number of aromatic nitrogens is 3. The Morgan fingerprint density at radius 1 is 1.58 bits per heavy atom. The highest BCUT2D eigenvalue weighted by molar-refractivity contribution is 7.89. The van der Waals surface area contributed by atoms with Gasteiger partial charge in [0, 0.05) is 5.38 Å². The van der Waals surface area contributed by atoms with Crippen LogP contribution in [0.1, 0.15) is 28.5 Å². The topological polar surface area (TPSA) is 125 Å². The van der Waals surface area contributed by atoms with Crippen molar-refractivity contribution in [2.24, 2.45) is 0 Å². The van der Waals surface area contributed by atoms with Crippen molar-refractivity contribution in [3.8, 4) is 0 Å². The Morgan fingerprint density at radius 3 is 2.84 bits per heavy atom. The molecule has 10 heteroatoms. The summed E-state index contributed by atoms with van der Waals surface area (Å²) in [6, 6.07) is 0.517. The van der Waals surface area contributed by atoms with E-state index in [4.69, 9.17) is 5.11 Å². The molecule has 2 rings (SSSR count). The zero-order chi connectivity index (χ0) is 14.0. The number of carbonyl (C=O) groups is 1. The molecule has 2 heterocycles. The highest BCUT2D eigenvalue weighted by Crippen LogP contribution is 2.20. The standard InChI is InChI=1S/C9H10N4O4S2/c1-5(8-10-4-11-12-8)13-19(16,17)6-2-7(9(14)15)18-3-6/h2-5,13H,1H3,(H,14,15)(H,10,11,12). The highest BCUT2D eigenvalue weighted by atomic mass is 32.2. The van der Waals surface area contributed by atoms with Crippen LogP contribution >= 0.6 is 11.3 Å². The van der Waals surface area contributed by atoms with Crippen molar-refractivity contribution in [3.63, 3.8) is 0 Å². The van der Waals surface area contributed by atoms with E-state index >= 15 is 0 Å². The number of aromatic carboxylic acids is 1. The number of hydrogen-bond acceptors (Lipinski definition) is 6. The van der Waals surface area contributed by atoms with Crippen LogP contribution in [0.4, 0.5) is 0 Å². The molecule has 0 aliphatic carbocycles. The number of rotatable bonds is 5. The number of nitrogens with one attached hydrogen (secondary N) is 2. The molecule has 102 valence electrons. The zero-order valence-corrected chi connectivity index (χ0v) is 11.3. The minimum atomic E-state index is -3.79. The van der Waals surface area contributed by atoms with E-state index in [0.29, 0.717) is 5.82 Å². The molecule has 2 aromatic heterocycles. The van der Waals surface area contributed by atoms with E-state index in [1.165, 1.54) is 11.7 Å². The van der Waals surface area contributed by atoms with Crippen molar-refractivity contribution in [2.45, 2.75) is 17.9 Å². The van der Waals surface area contributed by atoms with Crippen LogP contribution in [-0.2, 0) is 10.0 Å². The number of carboxylic acids is 1. The largest absolute Gasteiger partial charge is 0.477 e. The van der Waals surface area contributed by atoms with Gasteiger partial charge in [-0.25, -0.2) is 22.9 Å². The second-order valence-corrected chi connectivity index (χ2v) is 6.29. The molecule has 0 saturated heterocycles. The summed E-state index contributed by atoms with van der Waals surface area (Å²) in [5.41, 5.74) is 0. The minimum absolute atomic E-state index is 0.0345. The molecular formula is C9H10N4O4S2. The van der Waals surface area contributed by atoms with E-state index in [2.05, 4.69) is 19.9 Å². The highest BCUT2D eigenvalue weighted by Gasteiger charge is 2.22. The van der Waals surface area contributed by atoms with Crippen LogP contribution in [0, 0.1) is 0 Å². The molecule has 0 spiro atoms. The Bertz CT molecular complexity index is 677. The maximum atomic E-state index is 12.0. The predicted octanol–water partition coefficient (Wildman–Crippen LogP) is 0.604. The first-order valence-corrected chi connectivity index (χ1v) is 7.46. The predicted molar refractivity (Wildman–Crippen MR) is 66.4 cm³/mol. The number of nitrogens with zero attached hydrogens (tertiary/aromatic N) is 2. The lowest BCUT2D eigenvalue weighted by Gasteiger charge is -2.10. The molecule has 0 aliphatic rings. The van der Waals surface area contributed by atoms with Crippen LogP contribution in [0.2, 0.25) is 0 Å². The van der Waals surface area contributed by atoms with Crippen LogP contribution in [-0.4, -0.2) is 34.7 Å². The molecule has 0 radical (unpaired) electrons. The Labute approximate surface area is 112 Å². The van der Waals surface area contributed by atoms with Crippen LogP contribution in [0.5, 0.6) is 0 Å². The number of aromatic amines is 1. The summed E-state index contributed by atoms with van der Waals surface area (Å²) in [7, 11) is -3.79. The van der Waals surface area contributed by atoms with Gasteiger partial charge in [0.15, 0.2) is 0 Å². The van der Waals surface area contributed by atoms with Gasteiger partial charge >= 0.3 is 5.97 Å². The first kappa shape index (κ1) is 13.6. The van der Waals surface area contributed by atoms with Gasteiger partial charge in [-0.15, -0.1) is 11.3 Å². The van der Waals surface area contributed by atoms with E-state index in [1.54, 1.807) is 6.92 Å². The third kappa shape index (κ3) is 2.97. The summed E-state index contributed by atoms with van der Waals surface area (Å²) >= 11 is 0.855. The van der Waals surface area contributed by atoms with E-state index in [0.717, 1.165) is 17.4 Å². The molecule has 0 amide bonds. The van der Waals surface area contributed by atoms with Crippen molar-refractivity contribution in [1.29, 1.82) is 0 Å². The average Bonchev–Trinajstić information content (AvgIpc) is 3.00. The molecule has 19 heavy (non-hydrogen) atoms. The Morgan fingerprint density at radius 2 is 2.32 bits per heavy atom. The number of H-pyrrole nitrogens is 1. The van der Waals surface area contributed by atoms with Gasteiger partial charge < -0.3 is 5.11 Å². The molecule has 1 atom stereocenters. The summed E-state index contributed by atoms with van der Waals surface area (Å²) in [6.07, 6.45) is 1.27. The van der Waals surface area contributed by atoms with Gasteiger partial charge in [0.25, 0.3) is 0 Å². The second-order valence-electron chi connectivity index (χ2n) is 3.67. The van der Waals surface area contributed by atoms with Crippen LogP contribution in [0.3, 0.4) is 0 Å². The summed E-state index contributed by atoms with van der Waals surface area (Å²) in [4.78, 5) is 14.4. The monoisotopic (exact) mass is 302 g/mol. The molecule has 3 N–H and O–H groups in total. The number of sulfonamides is 1. The van der Waals surface area contributed by atoms with Gasteiger partial charge in [-0.1, -0.05) is 0 Å².